The molecule has 0 aromatic heterocycles. The average Bonchev–Trinajstić information content (AvgIpc) is 3.11. The second-order valence-corrected chi connectivity index (χ2v) is 8.96. The van der Waals surface area contributed by atoms with Crippen LogP contribution in [0.3, 0.4) is 0 Å². The van der Waals surface area contributed by atoms with E-state index >= 15 is 0 Å². The lowest BCUT2D eigenvalue weighted by atomic mass is 10.1. The van der Waals surface area contributed by atoms with Crippen LogP contribution in [0.25, 0.3) is 6.08 Å². The molecule has 0 bridgehead atoms. The summed E-state index contributed by atoms with van der Waals surface area (Å²) in [4.78, 5) is 38.8. The van der Waals surface area contributed by atoms with E-state index in [9.17, 15) is 19.7 Å². The van der Waals surface area contributed by atoms with Crippen molar-refractivity contribution in [3.63, 3.8) is 0 Å². The lowest BCUT2D eigenvalue weighted by Crippen LogP contribution is -2.44. The number of hydrazine groups is 1. The van der Waals surface area contributed by atoms with Crippen molar-refractivity contribution in [2.75, 3.05) is 38.3 Å². The zero-order valence-corrected chi connectivity index (χ0v) is 19.7. The van der Waals surface area contributed by atoms with Gasteiger partial charge in [0.2, 0.25) is 0 Å². The normalized spacial score (nSPS) is 17.3. The molecular formula is C22H20N4O6S2. The number of non-ortho nitro benzene ring substituents is 1. The molecule has 2 aromatic carbocycles. The summed E-state index contributed by atoms with van der Waals surface area (Å²) in [5, 5.41) is 12.3. The van der Waals surface area contributed by atoms with E-state index in [4.69, 9.17) is 21.7 Å². The number of nitro groups is 1. The average molecular weight is 501 g/mol. The number of thiocarbonyl (C=S) groups is 1. The van der Waals surface area contributed by atoms with Gasteiger partial charge >= 0.3 is 0 Å². The van der Waals surface area contributed by atoms with Crippen molar-refractivity contribution in [1.29, 1.82) is 0 Å². The van der Waals surface area contributed by atoms with E-state index in [1.165, 1.54) is 19.2 Å². The summed E-state index contributed by atoms with van der Waals surface area (Å²) in [6.07, 6.45) is 1.57. The van der Waals surface area contributed by atoms with Crippen molar-refractivity contribution in [2.24, 2.45) is 0 Å². The zero-order valence-electron chi connectivity index (χ0n) is 18.1. The van der Waals surface area contributed by atoms with Crippen LogP contribution in [-0.4, -0.2) is 59.5 Å². The number of nitro benzene ring substituents is 1. The fraction of sp³-hybridized carbons (Fsp3) is 0.227. The highest BCUT2D eigenvalue weighted by Crippen LogP contribution is 2.35. The monoisotopic (exact) mass is 500 g/mol. The second kappa shape index (κ2) is 10.2. The zero-order chi connectivity index (χ0) is 24.2. The number of thioether (sulfide) groups is 1. The number of methoxy groups -OCH3 is 1. The van der Waals surface area contributed by atoms with Gasteiger partial charge in [0.1, 0.15) is 5.75 Å². The maximum atomic E-state index is 13.0. The van der Waals surface area contributed by atoms with E-state index in [1.807, 2.05) is 4.90 Å². The Hall–Kier alpha value is -3.48. The van der Waals surface area contributed by atoms with Gasteiger partial charge in [0.25, 0.3) is 17.5 Å². The maximum Gasteiger partial charge on any atom is 0.285 e. The molecule has 2 aliphatic heterocycles. The third-order valence-corrected chi connectivity index (χ3v) is 6.52. The molecule has 0 radical (unpaired) electrons. The molecule has 4 rings (SSSR count). The van der Waals surface area contributed by atoms with Crippen molar-refractivity contribution < 1.29 is 24.0 Å². The standard InChI is InChI=1S/C22H20N4O6S2/c1-31-17-5-2-14(3-6-17)20(27)23-25-21(28)19(34-22(25)33)13-15-12-16(26(29)30)4-7-18(15)24-8-10-32-11-9-24/h2-7,12-13H,8-11H2,1H3,(H,23,27)/b19-13-. The van der Waals surface area contributed by atoms with Gasteiger partial charge < -0.3 is 14.4 Å². The minimum absolute atomic E-state index is 0.0912. The van der Waals surface area contributed by atoms with Crippen LogP contribution < -0.4 is 15.1 Å². The number of hydrogen-bond donors (Lipinski definition) is 1. The van der Waals surface area contributed by atoms with Gasteiger partial charge in [0, 0.05) is 42.0 Å². The molecule has 34 heavy (non-hydrogen) atoms. The number of nitrogens with one attached hydrogen (secondary N) is 1. The predicted molar refractivity (Wildman–Crippen MR) is 132 cm³/mol. The summed E-state index contributed by atoms with van der Waals surface area (Å²) >= 11 is 6.31. The SMILES string of the molecule is COc1ccc(C(=O)NN2C(=O)/C(=C/c3cc([N+](=O)[O-])ccc3N3CCOCC3)SC2=S)cc1. The van der Waals surface area contributed by atoms with Crippen molar-refractivity contribution in [3.8, 4) is 5.75 Å². The van der Waals surface area contributed by atoms with Crippen LogP contribution in [0.15, 0.2) is 47.4 Å². The van der Waals surface area contributed by atoms with Crippen LogP contribution in [0.2, 0.25) is 0 Å². The third kappa shape index (κ3) is 5.03. The first-order valence-corrected chi connectivity index (χ1v) is 11.4. The lowest BCUT2D eigenvalue weighted by molar-refractivity contribution is -0.384. The molecule has 0 atom stereocenters. The fourth-order valence-electron chi connectivity index (χ4n) is 3.48. The Balaban J connectivity index is 1.59. The number of amides is 2. The number of rotatable bonds is 6. The number of hydrogen-bond acceptors (Lipinski definition) is 9. The van der Waals surface area contributed by atoms with E-state index in [1.54, 1.807) is 36.4 Å². The van der Waals surface area contributed by atoms with Crippen molar-refractivity contribution in [2.45, 2.75) is 0 Å². The van der Waals surface area contributed by atoms with Crippen molar-refractivity contribution in [3.05, 3.63) is 68.6 Å². The van der Waals surface area contributed by atoms with Crippen LogP contribution >= 0.6 is 24.0 Å². The molecular weight excluding hydrogens is 480 g/mol. The molecule has 0 unspecified atom stereocenters. The topological polar surface area (TPSA) is 114 Å². The lowest BCUT2D eigenvalue weighted by Gasteiger charge is -2.30. The van der Waals surface area contributed by atoms with Gasteiger partial charge in [-0.15, -0.1) is 0 Å². The van der Waals surface area contributed by atoms with Gasteiger partial charge in [-0.1, -0.05) is 11.8 Å². The molecule has 10 nitrogen and oxygen atoms in total. The van der Waals surface area contributed by atoms with Gasteiger partial charge in [0.05, 0.1) is 30.2 Å². The quantitative estimate of drug-likeness (QED) is 0.277. The van der Waals surface area contributed by atoms with Crippen LogP contribution in [0.5, 0.6) is 5.75 Å². The molecule has 12 heteroatoms. The molecule has 2 heterocycles. The Kier molecular flexibility index (Phi) is 7.10. The van der Waals surface area contributed by atoms with E-state index in [2.05, 4.69) is 5.43 Å². The van der Waals surface area contributed by atoms with Crippen molar-refractivity contribution >= 4 is 57.6 Å². The van der Waals surface area contributed by atoms with Crippen molar-refractivity contribution in [1.82, 2.24) is 10.4 Å². The predicted octanol–water partition coefficient (Wildman–Crippen LogP) is 2.99. The summed E-state index contributed by atoms with van der Waals surface area (Å²) in [7, 11) is 1.52. The fourth-order valence-corrected chi connectivity index (χ4v) is 4.65. The van der Waals surface area contributed by atoms with E-state index in [0.717, 1.165) is 22.5 Å². The summed E-state index contributed by atoms with van der Waals surface area (Å²) in [6, 6.07) is 10.9. The third-order valence-electron chi connectivity index (χ3n) is 5.22. The van der Waals surface area contributed by atoms with Crippen LogP contribution in [0, 0.1) is 10.1 Å². The number of nitrogens with zero attached hydrogens (tertiary/aromatic N) is 3. The number of morpholine rings is 1. The number of anilines is 1. The summed E-state index contributed by atoms with van der Waals surface area (Å²) in [5.74, 6) is -0.432. The van der Waals surface area contributed by atoms with Gasteiger partial charge in [-0.2, -0.15) is 5.01 Å². The van der Waals surface area contributed by atoms with E-state index in [0.29, 0.717) is 43.2 Å². The van der Waals surface area contributed by atoms with Crippen LogP contribution in [0.4, 0.5) is 11.4 Å². The Morgan fingerprint density at radius 2 is 1.94 bits per heavy atom. The first-order valence-electron chi connectivity index (χ1n) is 10.2. The van der Waals surface area contributed by atoms with Gasteiger partial charge in [-0.05, 0) is 48.6 Å². The Morgan fingerprint density at radius 1 is 1.24 bits per heavy atom. The van der Waals surface area contributed by atoms with Gasteiger partial charge in [-0.3, -0.25) is 25.1 Å². The minimum Gasteiger partial charge on any atom is -0.497 e. The summed E-state index contributed by atoms with van der Waals surface area (Å²) in [5.41, 5.74) is 4.02. The number of ether oxygens (including phenoxy) is 2. The Bertz CT molecular complexity index is 1180. The highest BCUT2D eigenvalue weighted by molar-refractivity contribution is 8.26. The first kappa shape index (κ1) is 23.7. The molecule has 2 amide bonds. The number of carbonyl (C=O) groups is 2. The number of carbonyl (C=O) groups excluding carboxylic acids is 2. The van der Waals surface area contributed by atoms with Gasteiger partial charge in [-0.25, -0.2) is 0 Å². The Labute approximate surface area is 204 Å². The van der Waals surface area contributed by atoms with E-state index in [-0.39, 0.29) is 14.9 Å². The van der Waals surface area contributed by atoms with Crippen LogP contribution in [0.1, 0.15) is 15.9 Å². The largest absolute Gasteiger partial charge is 0.497 e. The number of benzene rings is 2. The van der Waals surface area contributed by atoms with E-state index < -0.39 is 16.7 Å². The Morgan fingerprint density at radius 3 is 2.59 bits per heavy atom. The molecule has 2 fully saturated rings. The molecule has 0 spiro atoms. The molecule has 2 aromatic rings. The molecule has 1 N–H and O–H groups in total. The molecule has 0 saturated carbocycles. The highest BCUT2D eigenvalue weighted by Gasteiger charge is 2.34. The molecule has 2 aliphatic rings. The molecule has 2 saturated heterocycles. The smallest absolute Gasteiger partial charge is 0.285 e. The molecule has 0 aliphatic carbocycles. The first-order chi connectivity index (χ1) is 16.4. The summed E-state index contributed by atoms with van der Waals surface area (Å²) in [6.45, 7) is 2.32. The molecule has 176 valence electrons. The highest BCUT2D eigenvalue weighted by atomic mass is 32.2. The van der Waals surface area contributed by atoms with Crippen LogP contribution in [-0.2, 0) is 9.53 Å². The summed E-state index contributed by atoms with van der Waals surface area (Å²) < 4.78 is 10.6. The van der Waals surface area contributed by atoms with Gasteiger partial charge in [0.15, 0.2) is 4.32 Å². The maximum absolute atomic E-state index is 13.0. The second-order valence-electron chi connectivity index (χ2n) is 7.29. The minimum atomic E-state index is -0.517.